The van der Waals surface area contributed by atoms with Crippen LogP contribution in [0.3, 0.4) is 0 Å². The van der Waals surface area contributed by atoms with E-state index < -0.39 is 0 Å². The van der Waals surface area contributed by atoms with Crippen molar-refractivity contribution >= 4 is 0 Å². The van der Waals surface area contributed by atoms with Gasteiger partial charge in [0.15, 0.2) is 0 Å². The molecule has 0 spiro atoms. The summed E-state index contributed by atoms with van der Waals surface area (Å²) in [6.45, 7) is 9.49. The van der Waals surface area contributed by atoms with Crippen LogP contribution in [0, 0.1) is 0 Å². The summed E-state index contributed by atoms with van der Waals surface area (Å²) in [5, 5.41) is 0. The molecule has 86 valence electrons. The van der Waals surface area contributed by atoms with Crippen LogP contribution in [0.1, 0.15) is 20.8 Å². The largest absolute Gasteiger partial charge is 0.458 e. The third-order valence-electron chi connectivity index (χ3n) is 1.70. The maximum atomic E-state index is 5.69. The molecule has 0 N–H and O–H groups in total. The average molecular weight is 216 g/mol. The molecule has 1 heteroatoms. The highest BCUT2D eigenvalue weighted by atomic mass is 16.5. The summed E-state index contributed by atoms with van der Waals surface area (Å²) in [4.78, 5) is 0. The van der Waals surface area contributed by atoms with Crippen LogP contribution in [0.4, 0.5) is 0 Å². The fourth-order valence-corrected chi connectivity index (χ4v) is 0.967. The Morgan fingerprint density at radius 2 is 1.69 bits per heavy atom. The predicted molar refractivity (Wildman–Crippen MR) is 71.9 cm³/mol. The van der Waals surface area contributed by atoms with Crippen LogP contribution in [-0.4, -0.2) is 0 Å². The summed E-state index contributed by atoms with van der Waals surface area (Å²) >= 11 is 0. The molecule has 0 saturated carbocycles. The van der Waals surface area contributed by atoms with Gasteiger partial charge in [-0.15, -0.1) is 0 Å². The molecule has 16 heavy (non-hydrogen) atoms. The van der Waals surface area contributed by atoms with Crippen molar-refractivity contribution in [2.24, 2.45) is 0 Å². The average Bonchev–Trinajstić information content (AvgIpc) is 2.31. The quantitative estimate of drug-likeness (QED) is 0.462. The molecule has 0 bridgehead atoms. The van der Waals surface area contributed by atoms with Gasteiger partial charge in [-0.1, -0.05) is 37.0 Å². The van der Waals surface area contributed by atoms with Gasteiger partial charge in [-0.3, -0.25) is 0 Å². The molecule has 0 aromatic rings. The number of hydrogen-bond donors (Lipinski definition) is 0. The van der Waals surface area contributed by atoms with E-state index in [2.05, 4.69) is 6.58 Å². The third-order valence-corrected chi connectivity index (χ3v) is 1.70. The summed E-state index contributed by atoms with van der Waals surface area (Å²) in [6, 6.07) is 0. The summed E-state index contributed by atoms with van der Waals surface area (Å²) in [5.41, 5.74) is 0. The first-order valence-corrected chi connectivity index (χ1v) is 5.37. The summed E-state index contributed by atoms with van der Waals surface area (Å²) in [5.74, 6) is 1.61. The Labute approximate surface area is 98.8 Å². The lowest BCUT2D eigenvalue weighted by molar-refractivity contribution is 0.335. The Bertz CT molecular complexity index is 338. The van der Waals surface area contributed by atoms with Crippen molar-refractivity contribution < 1.29 is 4.74 Å². The molecule has 0 atom stereocenters. The van der Waals surface area contributed by atoms with Crippen LogP contribution in [0.25, 0.3) is 0 Å². The highest BCUT2D eigenvalue weighted by Crippen LogP contribution is 2.10. The molecule has 0 aliphatic heterocycles. The van der Waals surface area contributed by atoms with Gasteiger partial charge < -0.3 is 4.74 Å². The third kappa shape index (κ3) is 6.66. The molecule has 0 aromatic heterocycles. The normalized spacial score (nSPS) is 14.2. The van der Waals surface area contributed by atoms with Crippen molar-refractivity contribution in [3.8, 4) is 0 Å². The van der Waals surface area contributed by atoms with Crippen LogP contribution in [0.2, 0.25) is 0 Å². The molecule has 0 radical (unpaired) electrons. The van der Waals surface area contributed by atoms with Gasteiger partial charge in [0, 0.05) is 0 Å². The van der Waals surface area contributed by atoms with E-state index in [9.17, 15) is 0 Å². The monoisotopic (exact) mass is 216 g/mol. The Morgan fingerprint density at radius 1 is 0.938 bits per heavy atom. The van der Waals surface area contributed by atoms with Gasteiger partial charge >= 0.3 is 0 Å². The van der Waals surface area contributed by atoms with Crippen molar-refractivity contribution in [2.75, 3.05) is 0 Å². The van der Waals surface area contributed by atoms with E-state index >= 15 is 0 Å². The molecule has 0 rings (SSSR count). The van der Waals surface area contributed by atoms with Gasteiger partial charge in [0.2, 0.25) is 0 Å². The standard InChI is InChI=1S/C15H20O/c1-5-9-12-14(8-4)16-15(11-7-3)13-10-6-2/h5-13H,1H2,2-4H3/b10-6-,11-7-,12-9-,14-8+,15-13+. The van der Waals surface area contributed by atoms with Gasteiger partial charge in [-0.2, -0.15) is 0 Å². The highest BCUT2D eigenvalue weighted by molar-refractivity contribution is 5.24. The van der Waals surface area contributed by atoms with Crippen LogP contribution in [0.15, 0.2) is 72.8 Å². The van der Waals surface area contributed by atoms with Crippen molar-refractivity contribution in [3.63, 3.8) is 0 Å². The zero-order valence-electron chi connectivity index (χ0n) is 10.3. The number of ether oxygens (including phenoxy) is 1. The molecule has 0 aromatic carbocycles. The van der Waals surface area contributed by atoms with Crippen LogP contribution < -0.4 is 0 Å². The Balaban J connectivity index is 4.72. The molecule has 0 heterocycles. The first-order chi connectivity index (χ1) is 7.78. The Hall–Kier alpha value is -1.76. The van der Waals surface area contributed by atoms with Gasteiger partial charge in [0.05, 0.1) is 0 Å². The molecule has 1 nitrogen and oxygen atoms in total. The fourth-order valence-electron chi connectivity index (χ4n) is 0.967. The van der Waals surface area contributed by atoms with Crippen LogP contribution in [0.5, 0.6) is 0 Å². The maximum Gasteiger partial charge on any atom is 0.127 e. The molecule has 0 fully saturated rings. The van der Waals surface area contributed by atoms with Crippen molar-refractivity contribution in [1.29, 1.82) is 0 Å². The van der Waals surface area contributed by atoms with Crippen molar-refractivity contribution in [2.45, 2.75) is 20.8 Å². The minimum atomic E-state index is 0.800. The topological polar surface area (TPSA) is 9.23 Å². The number of hydrogen-bond acceptors (Lipinski definition) is 1. The zero-order valence-corrected chi connectivity index (χ0v) is 10.3. The smallest absolute Gasteiger partial charge is 0.127 e. The molecular weight excluding hydrogens is 196 g/mol. The highest BCUT2D eigenvalue weighted by Gasteiger charge is 1.94. The van der Waals surface area contributed by atoms with E-state index in [0.29, 0.717) is 0 Å². The van der Waals surface area contributed by atoms with E-state index in [1.54, 1.807) is 6.08 Å². The first-order valence-electron chi connectivity index (χ1n) is 5.37. The van der Waals surface area contributed by atoms with E-state index in [1.807, 2.05) is 69.4 Å². The van der Waals surface area contributed by atoms with Gasteiger partial charge in [-0.05, 0) is 45.1 Å². The molecular formula is C15H20O. The van der Waals surface area contributed by atoms with Gasteiger partial charge in [0.25, 0.3) is 0 Å². The molecule has 0 aliphatic carbocycles. The zero-order chi connectivity index (χ0) is 12.2. The Morgan fingerprint density at radius 3 is 2.19 bits per heavy atom. The lowest BCUT2D eigenvalue weighted by atomic mass is 10.3. The van der Waals surface area contributed by atoms with Crippen molar-refractivity contribution in [3.05, 3.63) is 72.8 Å². The minimum Gasteiger partial charge on any atom is -0.458 e. The minimum absolute atomic E-state index is 0.800. The second kappa shape index (κ2) is 9.78. The molecule has 0 amide bonds. The van der Waals surface area contributed by atoms with Gasteiger partial charge in [-0.25, -0.2) is 0 Å². The van der Waals surface area contributed by atoms with Crippen LogP contribution in [-0.2, 0) is 4.74 Å². The second-order valence-electron chi connectivity index (χ2n) is 2.98. The maximum absolute atomic E-state index is 5.69. The van der Waals surface area contributed by atoms with Crippen LogP contribution >= 0.6 is 0 Å². The lowest BCUT2D eigenvalue weighted by Gasteiger charge is -2.06. The van der Waals surface area contributed by atoms with Gasteiger partial charge in [0.1, 0.15) is 11.5 Å². The number of allylic oxidation sites excluding steroid dienone is 9. The SMILES string of the molecule is C=C/C=C\C(=C/C)OC(/C=C\C)=C/C=C\C. The first kappa shape index (κ1) is 14.2. The summed E-state index contributed by atoms with van der Waals surface area (Å²) in [6.07, 6.45) is 17.0. The fraction of sp³-hybridized carbons (Fsp3) is 0.200. The van der Waals surface area contributed by atoms with Crippen molar-refractivity contribution in [1.82, 2.24) is 0 Å². The summed E-state index contributed by atoms with van der Waals surface area (Å²) < 4.78 is 5.69. The molecule has 0 saturated heterocycles. The van der Waals surface area contributed by atoms with E-state index in [-0.39, 0.29) is 0 Å². The number of rotatable bonds is 6. The van der Waals surface area contributed by atoms with E-state index in [1.165, 1.54) is 0 Å². The Kier molecular flexibility index (Phi) is 8.71. The predicted octanol–water partition coefficient (Wildman–Crippen LogP) is 4.69. The van der Waals surface area contributed by atoms with E-state index in [4.69, 9.17) is 4.74 Å². The lowest BCUT2D eigenvalue weighted by Crippen LogP contribution is -1.87. The van der Waals surface area contributed by atoms with E-state index in [0.717, 1.165) is 11.5 Å². The summed E-state index contributed by atoms with van der Waals surface area (Å²) in [7, 11) is 0. The molecule has 0 unspecified atom stereocenters. The molecule has 0 aliphatic rings. The second-order valence-corrected chi connectivity index (χ2v) is 2.98.